The third-order valence-electron chi connectivity index (χ3n) is 4.40. The van der Waals surface area contributed by atoms with Crippen molar-refractivity contribution in [2.24, 2.45) is 5.92 Å². The van der Waals surface area contributed by atoms with E-state index in [-0.39, 0.29) is 0 Å². The van der Waals surface area contributed by atoms with Crippen LogP contribution in [0.15, 0.2) is 60.7 Å². The van der Waals surface area contributed by atoms with Crippen LogP contribution < -0.4 is 0 Å². The van der Waals surface area contributed by atoms with Crippen molar-refractivity contribution in [1.82, 2.24) is 4.90 Å². The van der Waals surface area contributed by atoms with E-state index in [9.17, 15) is 0 Å². The Hall–Kier alpha value is -1.64. The summed E-state index contributed by atoms with van der Waals surface area (Å²) in [5, 5.41) is 0. The van der Waals surface area contributed by atoms with Crippen LogP contribution in [0, 0.1) is 5.92 Å². The van der Waals surface area contributed by atoms with Gasteiger partial charge in [0.15, 0.2) is 0 Å². The van der Waals surface area contributed by atoms with Gasteiger partial charge in [0.25, 0.3) is 0 Å². The quantitative estimate of drug-likeness (QED) is 0.800. The fourth-order valence-electron chi connectivity index (χ4n) is 2.90. The molecule has 0 unspecified atom stereocenters. The third-order valence-corrected chi connectivity index (χ3v) is 4.40. The van der Waals surface area contributed by atoms with E-state index in [1.165, 1.54) is 11.1 Å². The zero-order valence-corrected chi connectivity index (χ0v) is 12.6. The average molecular weight is 281 g/mol. The summed E-state index contributed by atoms with van der Waals surface area (Å²) < 4.78 is 5.87. The minimum atomic E-state index is 0.612. The minimum absolute atomic E-state index is 0.612. The molecule has 1 aliphatic heterocycles. The van der Waals surface area contributed by atoms with Crippen molar-refractivity contribution in [1.29, 1.82) is 0 Å². The summed E-state index contributed by atoms with van der Waals surface area (Å²) >= 11 is 0. The standard InChI is InChI=1S/C19H23NO/c1-16-19(15-21-14-18-10-6-3-7-11-18)13-20(16)12-17-8-4-2-5-9-17/h2-11,16,19H,12-15H2,1H3/t16-,19-/m1/s1. The van der Waals surface area contributed by atoms with Crippen molar-refractivity contribution in [3.8, 4) is 0 Å². The van der Waals surface area contributed by atoms with Gasteiger partial charge in [-0.15, -0.1) is 0 Å². The number of ether oxygens (including phenoxy) is 1. The predicted molar refractivity (Wildman–Crippen MR) is 85.9 cm³/mol. The number of benzene rings is 2. The van der Waals surface area contributed by atoms with E-state index in [1.807, 2.05) is 6.07 Å². The molecule has 21 heavy (non-hydrogen) atoms. The molecular formula is C19H23NO. The summed E-state index contributed by atoms with van der Waals surface area (Å²) in [6.45, 7) is 6.09. The molecule has 2 atom stereocenters. The second kappa shape index (κ2) is 6.88. The summed E-state index contributed by atoms with van der Waals surface area (Å²) in [4.78, 5) is 2.52. The molecule has 1 heterocycles. The predicted octanol–water partition coefficient (Wildman–Crippen LogP) is 3.72. The van der Waals surface area contributed by atoms with Gasteiger partial charge >= 0.3 is 0 Å². The Morgan fingerprint density at radius 2 is 1.57 bits per heavy atom. The van der Waals surface area contributed by atoms with Crippen molar-refractivity contribution in [2.75, 3.05) is 13.2 Å². The van der Waals surface area contributed by atoms with Gasteiger partial charge in [-0.25, -0.2) is 0 Å². The molecule has 1 fully saturated rings. The summed E-state index contributed by atoms with van der Waals surface area (Å²) in [6.07, 6.45) is 0. The highest BCUT2D eigenvalue weighted by Crippen LogP contribution is 2.27. The van der Waals surface area contributed by atoms with E-state index in [0.717, 1.165) is 26.3 Å². The van der Waals surface area contributed by atoms with Crippen LogP contribution in [0.4, 0.5) is 0 Å². The molecule has 0 aliphatic carbocycles. The molecule has 0 bridgehead atoms. The monoisotopic (exact) mass is 281 g/mol. The van der Waals surface area contributed by atoms with Crippen LogP contribution in [-0.4, -0.2) is 24.1 Å². The lowest BCUT2D eigenvalue weighted by Gasteiger charge is -2.46. The first-order valence-electron chi connectivity index (χ1n) is 7.72. The smallest absolute Gasteiger partial charge is 0.0717 e. The number of rotatable bonds is 6. The van der Waals surface area contributed by atoms with Crippen LogP contribution in [0.2, 0.25) is 0 Å². The highest BCUT2D eigenvalue weighted by Gasteiger charge is 2.34. The second-order valence-electron chi connectivity index (χ2n) is 5.92. The van der Waals surface area contributed by atoms with Gasteiger partial charge in [0.2, 0.25) is 0 Å². The molecule has 0 N–H and O–H groups in total. The van der Waals surface area contributed by atoms with E-state index in [4.69, 9.17) is 4.74 Å². The number of hydrogen-bond acceptors (Lipinski definition) is 2. The van der Waals surface area contributed by atoms with Gasteiger partial charge in [-0.3, -0.25) is 4.90 Å². The van der Waals surface area contributed by atoms with Crippen molar-refractivity contribution >= 4 is 0 Å². The molecule has 2 aromatic carbocycles. The lowest BCUT2D eigenvalue weighted by molar-refractivity contribution is -0.0400. The lowest BCUT2D eigenvalue weighted by Crippen LogP contribution is -2.55. The minimum Gasteiger partial charge on any atom is -0.376 e. The molecule has 2 nitrogen and oxygen atoms in total. The number of hydrogen-bond donors (Lipinski definition) is 0. The summed E-state index contributed by atoms with van der Waals surface area (Å²) in [5.41, 5.74) is 2.65. The first kappa shape index (κ1) is 14.3. The Labute approximate surface area is 127 Å². The maximum absolute atomic E-state index is 5.87. The highest BCUT2D eigenvalue weighted by molar-refractivity contribution is 5.15. The van der Waals surface area contributed by atoms with Gasteiger partial charge in [-0.05, 0) is 18.1 Å². The lowest BCUT2D eigenvalue weighted by atomic mass is 9.90. The molecule has 2 heteroatoms. The van der Waals surface area contributed by atoms with Crippen molar-refractivity contribution in [2.45, 2.75) is 26.1 Å². The molecule has 3 rings (SSSR count). The third kappa shape index (κ3) is 3.72. The van der Waals surface area contributed by atoms with Gasteiger partial charge in [-0.2, -0.15) is 0 Å². The Bertz CT molecular complexity index is 538. The first-order chi connectivity index (χ1) is 10.3. The summed E-state index contributed by atoms with van der Waals surface area (Å²) in [7, 11) is 0. The molecule has 1 saturated heterocycles. The van der Waals surface area contributed by atoms with Gasteiger partial charge in [0.05, 0.1) is 13.2 Å². The molecule has 110 valence electrons. The number of nitrogens with zero attached hydrogens (tertiary/aromatic N) is 1. The van der Waals surface area contributed by atoms with E-state index < -0.39 is 0 Å². The number of likely N-dealkylation sites (tertiary alicyclic amines) is 1. The van der Waals surface area contributed by atoms with Gasteiger partial charge < -0.3 is 4.74 Å². The fourth-order valence-corrected chi connectivity index (χ4v) is 2.90. The maximum Gasteiger partial charge on any atom is 0.0717 e. The van der Waals surface area contributed by atoms with Crippen LogP contribution in [0.25, 0.3) is 0 Å². The maximum atomic E-state index is 5.87. The van der Waals surface area contributed by atoms with E-state index in [0.29, 0.717) is 12.0 Å². The molecule has 0 spiro atoms. The Kier molecular flexibility index (Phi) is 4.69. The van der Waals surface area contributed by atoms with Crippen LogP contribution >= 0.6 is 0 Å². The van der Waals surface area contributed by atoms with Gasteiger partial charge in [-0.1, -0.05) is 60.7 Å². The largest absolute Gasteiger partial charge is 0.376 e. The molecule has 2 aromatic rings. The van der Waals surface area contributed by atoms with Gasteiger partial charge in [0, 0.05) is 25.0 Å². The highest BCUT2D eigenvalue weighted by atomic mass is 16.5. The molecule has 0 saturated carbocycles. The molecule has 0 amide bonds. The SMILES string of the molecule is C[C@@H]1[C@@H](COCc2ccccc2)CN1Cc1ccccc1. The fraction of sp³-hybridized carbons (Fsp3) is 0.368. The summed E-state index contributed by atoms with van der Waals surface area (Å²) in [6, 6.07) is 21.7. The van der Waals surface area contributed by atoms with Crippen molar-refractivity contribution < 1.29 is 4.74 Å². The average Bonchev–Trinajstić information content (AvgIpc) is 2.55. The van der Waals surface area contributed by atoms with E-state index in [1.54, 1.807) is 0 Å². The Balaban J connectivity index is 1.39. The van der Waals surface area contributed by atoms with Crippen LogP contribution in [0.5, 0.6) is 0 Å². The van der Waals surface area contributed by atoms with E-state index in [2.05, 4.69) is 66.4 Å². The molecule has 1 aliphatic rings. The van der Waals surface area contributed by atoms with Crippen molar-refractivity contribution in [3.63, 3.8) is 0 Å². The Morgan fingerprint density at radius 1 is 0.952 bits per heavy atom. The van der Waals surface area contributed by atoms with Crippen LogP contribution in [-0.2, 0) is 17.9 Å². The van der Waals surface area contributed by atoms with Crippen molar-refractivity contribution in [3.05, 3.63) is 71.8 Å². The molecular weight excluding hydrogens is 258 g/mol. The van der Waals surface area contributed by atoms with Gasteiger partial charge in [0.1, 0.15) is 0 Å². The Morgan fingerprint density at radius 3 is 2.19 bits per heavy atom. The van der Waals surface area contributed by atoms with E-state index >= 15 is 0 Å². The molecule has 0 radical (unpaired) electrons. The zero-order chi connectivity index (χ0) is 14.5. The van der Waals surface area contributed by atoms with Crippen LogP contribution in [0.3, 0.4) is 0 Å². The zero-order valence-electron chi connectivity index (χ0n) is 12.6. The second-order valence-corrected chi connectivity index (χ2v) is 5.92. The normalized spacial score (nSPS) is 22.0. The molecule has 0 aromatic heterocycles. The summed E-state index contributed by atoms with van der Waals surface area (Å²) in [5.74, 6) is 0.664. The topological polar surface area (TPSA) is 12.5 Å². The van der Waals surface area contributed by atoms with Crippen LogP contribution in [0.1, 0.15) is 18.1 Å². The first-order valence-corrected chi connectivity index (χ1v) is 7.72.